The summed E-state index contributed by atoms with van der Waals surface area (Å²) in [6, 6.07) is 0. The summed E-state index contributed by atoms with van der Waals surface area (Å²) in [5, 5.41) is 8.89. The van der Waals surface area contributed by atoms with Crippen molar-refractivity contribution in [1.82, 2.24) is 0 Å². The summed E-state index contributed by atoms with van der Waals surface area (Å²) in [4.78, 5) is 0. The fraction of sp³-hybridized carbons (Fsp3) is 0.778. The molecular weight excluding hydrogens is 156 g/mol. The van der Waals surface area contributed by atoms with Crippen LogP contribution in [0, 0.1) is 5.92 Å². The molecular formula is C9H18O3. The Labute approximate surface area is 74.0 Å². The van der Waals surface area contributed by atoms with Crippen LogP contribution in [0.25, 0.3) is 0 Å². The average Bonchev–Trinajstić information content (AvgIpc) is 2.04. The number of ether oxygens (including phenoxy) is 2. The summed E-state index contributed by atoms with van der Waals surface area (Å²) >= 11 is 0. The van der Waals surface area contributed by atoms with Crippen LogP contribution in [0.2, 0.25) is 0 Å². The minimum absolute atomic E-state index is 0.0673. The maximum Gasteiger partial charge on any atom is 0.147 e. The lowest BCUT2D eigenvalue weighted by molar-refractivity contribution is -0.0804. The van der Waals surface area contributed by atoms with Gasteiger partial charge >= 0.3 is 0 Å². The van der Waals surface area contributed by atoms with Gasteiger partial charge in [-0.2, -0.15) is 0 Å². The Morgan fingerprint density at radius 1 is 1.58 bits per heavy atom. The fourth-order valence-corrected chi connectivity index (χ4v) is 1.03. The highest BCUT2D eigenvalue weighted by molar-refractivity contribution is 4.99. The van der Waals surface area contributed by atoms with Gasteiger partial charge in [0, 0.05) is 19.6 Å². The number of aliphatic hydroxyl groups is 1. The third-order valence-corrected chi connectivity index (χ3v) is 1.66. The van der Waals surface area contributed by atoms with Gasteiger partial charge in [0.2, 0.25) is 0 Å². The Hall–Kier alpha value is -0.380. The van der Waals surface area contributed by atoms with Crippen LogP contribution in [0.3, 0.4) is 0 Å². The molecule has 72 valence electrons. The highest BCUT2D eigenvalue weighted by atomic mass is 16.7. The third-order valence-electron chi connectivity index (χ3n) is 1.66. The molecule has 0 saturated heterocycles. The SMILES string of the molecule is C=C(C)[C@@H](OCOC)[C@H](C)CO. The van der Waals surface area contributed by atoms with Crippen molar-refractivity contribution in [2.45, 2.75) is 20.0 Å². The molecule has 0 aromatic heterocycles. The summed E-state index contributed by atoms with van der Waals surface area (Å²) in [6.07, 6.45) is -0.116. The predicted octanol–water partition coefficient (Wildman–Crippen LogP) is 1.18. The highest BCUT2D eigenvalue weighted by Crippen LogP contribution is 2.14. The maximum absolute atomic E-state index is 8.89. The van der Waals surface area contributed by atoms with Crippen molar-refractivity contribution >= 4 is 0 Å². The molecule has 0 aliphatic heterocycles. The van der Waals surface area contributed by atoms with Crippen LogP contribution in [0.5, 0.6) is 0 Å². The monoisotopic (exact) mass is 174 g/mol. The van der Waals surface area contributed by atoms with Crippen LogP contribution < -0.4 is 0 Å². The minimum atomic E-state index is -0.116. The van der Waals surface area contributed by atoms with E-state index in [4.69, 9.17) is 14.6 Å². The standard InChI is InChI=1S/C9H18O3/c1-7(2)9(8(3)5-10)12-6-11-4/h8-10H,1,5-6H2,2-4H3/t8-,9-/m1/s1. The van der Waals surface area contributed by atoms with Crippen molar-refractivity contribution in [3.63, 3.8) is 0 Å². The number of aliphatic hydroxyl groups excluding tert-OH is 1. The normalized spacial score (nSPS) is 15.7. The first-order valence-corrected chi connectivity index (χ1v) is 4.00. The first-order valence-electron chi connectivity index (χ1n) is 4.00. The number of hydrogen-bond acceptors (Lipinski definition) is 3. The van der Waals surface area contributed by atoms with Crippen molar-refractivity contribution in [3.8, 4) is 0 Å². The Bertz CT molecular complexity index is 134. The van der Waals surface area contributed by atoms with E-state index >= 15 is 0 Å². The van der Waals surface area contributed by atoms with Gasteiger partial charge in [-0.3, -0.25) is 0 Å². The van der Waals surface area contributed by atoms with Crippen molar-refractivity contribution < 1.29 is 14.6 Å². The van der Waals surface area contributed by atoms with E-state index in [9.17, 15) is 0 Å². The molecule has 2 atom stereocenters. The minimum Gasteiger partial charge on any atom is -0.396 e. The van der Waals surface area contributed by atoms with E-state index < -0.39 is 0 Å². The van der Waals surface area contributed by atoms with Gasteiger partial charge < -0.3 is 14.6 Å². The van der Waals surface area contributed by atoms with E-state index in [0.29, 0.717) is 0 Å². The summed E-state index contributed by atoms with van der Waals surface area (Å²) in [7, 11) is 1.57. The van der Waals surface area contributed by atoms with E-state index in [0.717, 1.165) is 5.57 Å². The zero-order valence-electron chi connectivity index (χ0n) is 8.04. The van der Waals surface area contributed by atoms with Gasteiger partial charge in [-0.05, 0) is 6.92 Å². The molecule has 0 heterocycles. The summed E-state index contributed by atoms with van der Waals surface area (Å²) in [5.41, 5.74) is 0.911. The second kappa shape index (κ2) is 6.17. The smallest absolute Gasteiger partial charge is 0.147 e. The van der Waals surface area contributed by atoms with E-state index in [2.05, 4.69) is 6.58 Å². The van der Waals surface area contributed by atoms with Crippen LogP contribution >= 0.6 is 0 Å². The molecule has 1 N–H and O–H groups in total. The van der Waals surface area contributed by atoms with Crippen LogP contribution in [-0.4, -0.2) is 31.7 Å². The quantitative estimate of drug-likeness (QED) is 0.485. The van der Waals surface area contributed by atoms with Crippen LogP contribution in [0.1, 0.15) is 13.8 Å². The lowest BCUT2D eigenvalue weighted by Crippen LogP contribution is -2.26. The predicted molar refractivity (Wildman–Crippen MR) is 47.8 cm³/mol. The maximum atomic E-state index is 8.89. The van der Waals surface area contributed by atoms with Gasteiger partial charge in [0.1, 0.15) is 6.79 Å². The molecule has 0 aromatic carbocycles. The lowest BCUT2D eigenvalue weighted by Gasteiger charge is -2.22. The van der Waals surface area contributed by atoms with Gasteiger partial charge in [-0.15, -0.1) is 0 Å². The van der Waals surface area contributed by atoms with Gasteiger partial charge in [-0.1, -0.05) is 19.1 Å². The number of methoxy groups -OCH3 is 1. The second-order valence-electron chi connectivity index (χ2n) is 3.00. The lowest BCUT2D eigenvalue weighted by atomic mass is 10.0. The summed E-state index contributed by atoms with van der Waals surface area (Å²) in [5.74, 6) is 0.0673. The number of rotatable bonds is 6. The molecule has 0 radical (unpaired) electrons. The zero-order valence-corrected chi connectivity index (χ0v) is 8.04. The van der Waals surface area contributed by atoms with E-state index in [1.54, 1.807) is 7.11 Å². The van der Waals surface area contributed by atoms with Gasteiger partial charge in [-0.25, -0.2) is 0 Å². The Morgan fingerprint density at radius 2 is 2.17 bits per heavy atom. The Balaban J connectivity index is 3.94. The summed E-state index contributed by atoms with van der Waals surface area (Å²) < 4.78 is 10.1. The molecule has 0 bridgehead atoms. The Morgan fingerprint density at radius 3 is 2.50 bits per heavy atom. The molecule has 0 spiro atoms. The molecule has 0 rings (SSSR count). The molecule has 0 unspecified atom stereocenters. The van der Waals surface area contributed by atoms with Crippen molar-refractivity contribution in [2.75, 3.05) is 20.5 Å². The molecule has 0 amide bonds. The van der Waals surface area contributed by atoms with E-state index in [-0.39, 0.29) is 25.4 Å². The van der Waals surface area contributed by atoms with Gasteiger partial charge in [0.05, 0.1) is 6.10 Å². The zero-order chi connectivity index (χ0) is 9.56. The first kappa shape index (κ1) is 11.6. The molecule has 3 heteroatoms. The van der Waals surface area contributed by atoms with Crippen LogP contribution in [0.15, 0.2) is 12.2 Å². The first-order chi connectivity index (χ1) is 5.63. The largest absolute Gasteiger partial charge is 0.396 e. The molecule has 12 heavy (non-hydrogen) atoms. The molecule has 0 aliphatic rings. The fourth-order valence-electron chi connectivity index (χ4n) is 1.03. The highest BCUT2D eigenvalue weighted by Gasteiger charge is 2.17. The van der Waals surface area contributed by atoms with Gasteiger partial charge in [0.25, 0.3) is 0 Å². The van der Waals surface area contributed by atoms with E-state index in [1.165, 1.54) is 0 Å². The molecule has 0 fully saturated rings. The third kappa shape index (κ3) is 3.85. The Kier molecular flexibility index (Phi) is 5.98. The van der Waals surface area contributed by atoms with Crippen LogP contribution in [-0.2, 0) is 9.47 Å². The molecule has 3 nitrogen and oxygen atoms in total. The van der Waals surface area contributed by atoms with Crippen LogP contribution in [0.4, 0.5) is 0 Å². The topological polar surface area (TPSA) is 38.7 Å². The van der Waals surface area contributed by atoms with Crippen molar-refractivity contribution in [3.05, 3.63) is 12.2 Å². The molecule has 0 aliphatic carbocycles. The van der Waals surface area contributed by atoms with Crippen molar-refractivity contribution in [1.29, 1.82) is 0 Å². The molecule has 0 aromatic rings. The summed E-state index contributed by atoms with van der Waals surface area (Å²) in [6.45, 7) is 7.92. The average molecular weight is 174 g/mol. The van der Waals surface area contributed by atoms with Crippen molar-refractivity contribution in [2.24, 2.45) is 5.92 Å². The second-order valence-corrected chi connectivity index (χ2v) is 3.00. The molecule has 0 saturated carbocycles. The van der Waals surface area contributed by atoms with Gasteiger partial charge in [0.15, 0.2) is 0 Å². The number of hydrogen-bond donors (Lipinski definition) is 1. The van der Waals surface area contributed by atoms with E-state index in [1.807, 2.05) is 13.8 Å².